The number of allylic oxidation sites excluding steroid dienone is 1. The number of rotatable bonds is 5. The van der Waals surface area contributed by atoms with Crippen molar-refractivity contribution >= 4 is 15.9 Å². The Balaban J connectivity index is 1.73. The summed E-state index contributed by atoms with van der Waals surface area (Å²) in [5.41, 5.74) is 6.15. The van der Waals surface area contributed by atoms with Gasteiger partial charge in [-0.1, -0.05) is 24.1 Å². The highest BCUT2D eigenvalue weighted by Crippen LogP contribution is 2.38. The number of fused-ring (bicyclic) bond motifs is 1. The molecule has 0 radical (unpaired) electrons. The predicted molar refractivity (Wildman–Crippen MR) is 105 cm³/mol. The van der Waals surface area contributed by atoms with Gasteiger partial charge in [-0.15, -0.1) is 0 Å². The summed E-state index contributed by atoms with van der Waals surface area (Å²) in [6, 6.07) is 3.99. The first-order valence-electron chi connectivity index (χ1n) is 9.25. The minimum absolute atomic E-state index is 0.0736. The molecular formula is C21H28O4S. The van der Waals surface area contributed by atoms with Crippen molar-refractivity contribution in [3.8, 4) is 5.75 Å². The zero-order valence-corrected chi connectivity index (χ0v) is 16.8. The number of sulfone groups is 1. The fourth-order valence-electron chi connectivity index (χ4n) is 4.14. The Bertz CT molecular complexity index is 854. The van der Waals surface area contributed by atoms with Crippen LogP contribution in [0.1, 0.15) is 49.8 Å². The van der Waals surface area contributed by atoms with Crippen molar-refractivity contribution in [2.45, 2.75) is 58.3 Å². The summed E-state index contributed by atoms with van der Waals surface area (Å²) in [6.45, 7) is 8.18. The standard InChI is InChI=1S/C21H28O4S/c1-5-16(10-17-8-13(2)21(22)14(3)9-17)6-7-18-20-15(4)12-26(23,24)19(20)11-25-18/h8-10,18-19,22H,5-7,11-12H2,1-4H3/b16-10+/t18-,19+/m1/s1. The van der Waals surface area contributed by atoms with Crippen molar-refractivity contribution in [3.63, 3.8) is 0 Å². The third-order valence-electron chi connectivity index (χ3n) is 5.55. The number of ether oxygens (including phenoxy) is 1. The van der Waals surface area contributed by atoms with E-state index in [9.17, 15) is 13.5 Å². The van der Waals surface area contributed by atoms with E-state index in [4.69, 9.17) is 4.74 Å². The normalized spacial score (nSPS) is 25.0. The molecule has 0 unspecified atom stereocenters. The van der Waals surface area contributed by atoms with Gasteiger partial charge in [-0.05, 0) is 74.4 Å². The molecule has 1 saturated heterocycles. The maximum atomic E-state index is 12.2. The summed E-state index contributed by atoms with van der Waals surface area (Å²) in [5.74, 6) is 0.547. The van der Waals surface area contributed by atoms with E-state index < -0.39 is 15.1 Å². The van der Waals surface area contributed by atoms with Gasteiger partial charge in [-0.3, -0.25) is 0 Å². The molecule has 1 N–H and O–H groups in total. The zero-order chi connectivity index (χ0) is 19.1. The molecule has 0 aromatic heterocycles. The third kappa shape index (κ3) is 3.60. The van der Waals surface area contributed by atoms with Crippen LogP contribution < -0.4 is 0 Å². The van der Waals surface area contributed by atoms with E-state index in [0.717, 1.165) is 47.1 Å². The Morgan fingerprint density at radius 1 is 1.27 bits per heavy atom. The fourth-order valence-corrected chi connectivity index (χ4v) is 6.13. The van der Waals surface area contributed by atoms with Gasteiger partial charge in [0.25, 0.3) is 0 Å². The molecule has 2 aliphatic rings. The summed E-state index contributed by atoms with van der Waals surface area (Å²) in [7, 11) is -3.05. The van der Waals surface area contributed by atoms with E-state index in [1.54, 1.807) is 0 Å². The molecule has 1 fully saturated rings. The van der Waals surface area contributed by atoms with Crippen molar-refractivity contribution in [3.05, 3.63) is 45.5 Å². The van der Waals surface area contributed by atoms with E-state index in [1.165, 1.54) is 5.57 Å². The number of hydrogen-bond acceptors (Lipinski definition) is 4. The Labute approximate surface area is 156 Å². The maximum Gasteiger partial charge on any atom is 0.163 e. The molecule has 2 heterocycles. The molecule has 5 heteroatoms. The second kappa shape index (κ2) is 7.20. The highest BCUT2D eigenvalue weighted by atomic mass is 32.2. The number of benzene rings is 1. The van der Waals surface area contributed by atoms with Crippen LogP contribution in [0.4, 0.5) is 0 Å². The summed E-state index contributed by atoms with van der Waals surface area (Å²) >= 11 is 0. The summed E-state index contributed by atoms with van der Waals surface area (Å²) in [6.07, 6.45) is 4.73. The first-order valence-corrected chi connectivity index (χ1v) is 11.0. The molecule has 4 nitrogen and oxygen atoms in total. The highest BCUT2D eigenvalue weighted by Gasteiger charge is 2.45. The second-order valence-electron chi connectivity index (χ2n) is 7.55. The Hall–Kier alpha value is -1.59. The van der Waals surface area contributed by atoms with Gasteiger partial charge in [0, 0.05) is 0 Å². The van der Waals surface area contributed by atoms with Gasteiger partial charge in [0.15, 0.2) is 9.84 Å². The summed E-state index contributed by atoms with van der Waals surface area (Å²) in [5, 5.41) is 9.52. The average Bonchev–Trinajstić information content (AvgIpc) is 3.09. The van der Waals surface area contributed by atoms with E-state index >= 15 is 0 Å². The largest absolute Gasteiger partial charge is 0.507 e. The monoisotopic (exact) mass is 376 g/mol. The van der Waals surface area contributed by atoms with Crippen LogP contribution in [0.5, 0.6) is 5.75 Å². The summed E-state index contributed by atoms with van der Waals surface area (Å²) in [4.78, 5) is 0. The minimum atomic E-state index is -3.05. The molecule has 0 amide bonds. The van der Waals surface area contributed by atoms with Crippen molar-refractivity contribution in [2.24, 2.45) is 0 Å². The van der Waals surface area contributed by atoms with Crippen LogP contribution in [-0.2, 0) is 14.6 Å². The Kier molecular flexibility index (Phi) is 5.31. The van der Waals surface area contributed by atoms with Gasteiger partial charge in [0.1, 0.15) is 11.0 Å². The van der Waals surface area contributed by atoms with Crippen LogP contribution in [0.3, 0.4) is 0 Å². The molecule has 1 aromatic carbocycles. The lowest BCUT2D eigenvalue weighted by molar-refractivity contribution is 0.117. The molecule has 0 spiro atoms. The smallest absolute Gasteiger partial charge is 0.163 e. The molecule has 26 heavy (non-hydrogen) atoms. The third-order valence-corrected chi connectivity index (χ3v) is 7.64. The lowest BCUT2D eigenvalue weighted by atomic mass is 9.95. The maximum absolute atomic E-state index is 12.2. The van der Waals surface area contributed by atoms with Crippen LogP contribution in [0.25, 0.3) is 6.08 Å². The molecule has 3 rings (SSSR count). The molecule has 2 atom stereocenters. The van der Waals surface area contributed by atoms with Gasteiger partial charge in [0.2, 0.25) is 0 Å². The van der Waals surface area contributed by atoms with Gasteiger partial charge >= 0.3 is 0 Å². The minimum Gasteiger partial charge on any atom is -0.507 e. The number of hydrogen-bond donors (Lipinski definition) is 1. The molecule has 0 saturated carbocycles. The van der Waals surface area contributed by atoms with Gasteiger partial charge in [-0.25, -0.2) is 8.42 Å². The Morgan fingerprint density at radius 3 is 2.54 bits per heavy atom. The number of aromatic hydroxyl groups is 1. The molecule has 0 aliphatic carbocycles. The van der Waals surface area contributed by atoms with E-state index in [-0.39, 0.29) is 11.9 Å². The number of phenolic OH excluding ortho intramolecular Hbond substituents is 1. The average molecular weight is 377 g/mol. The SMILES string of the molecule is CC/C(=C\c1cc(C)c(O)c(C)c1)CC[C@H]1OC[C@H]2C1=C(C)CS2(=O)=O. The molecule has 2 aliphatic heterocycles. The van der Waals surface area contributed by atoms with Gasteiger partial charge < -0.3 is 9.84 Å². The highest BCUT2D eigenvalue weighted by molar-refractivity contribution is 7.92. The summed E-state index contributed by atoms with van der Waals surface area (Å²) < 4.78 is 30.2. The molecule has 142 valence electrons. The predicted octanol–water partition coefficient (Wildman–Crippen LogP) is 4.09. The lowest BCUT2D eigenvalue weighted by Gasteiger charge is -2.14. The molecule has 1 aromatic rings. The van der Waals surface area contributed by atoms with Gasteiger partial charge in [0.05, 0.1) is 18.5 Å². The molecule has 0 bridgehead atoms. The van der Waals surface area contributed by atoms with Crippen LogP contribution in [0.2, 0.25) is 0 Å². The fraction of sp³-hybridized carbons (Fsp3) is 0.524. The van der Waals surface area contributed by atoms with Crippen LogP contribution >= 0.6 is 0 Å². The zero-order valence-electron chi connectivity index (χ0n) is 16.0. The second-order valence-corrected chi connectivity index (χ2v) is 9.74. The quantitative estimate of drug-likeness (QED) is 0.786. The van der Waals surface area contributed by atoms with Crippen molar-refractivity contribution in [1.29, 1.82) is 0 Å². The van der Waals surface area contributed by atoms with E-state index in [2.05, 4.69) is 13.0 Å². The van der Waals surface area contributed by atoms with E-state index in [1.807, 2.05) is 32.9 Å². The molecular weight excluding hydrogens is 348 g/mol. The topological polar surface area (TPSA) is 63.6 Å². The van der Waals surface area contributed by atoms with Gasteiger partial charge in [-0.2, -0.15) is 0 Å². The first-order chi connectivity index (χ1) is 12.2. The van der Waals surface area contributed by atoms with E-state index in [0.29, 0.717) is 12.4 Å². The first kappa shape index (κ1) is 19.2. The van der Waals surface area contributed by atoms with Crippen molar-refractivity contribution in [1.82, 2.24) is 0 Å². The van der Waals surface area contributed by atoms with Crippen molar-refractivity contribution in [2.75, 3.05) is 12.4 Å². The number of aryl methyl sites for hydroxylation is 2. The van der Waals surface area contributed by atoms with Crippen LogP contribution in [0.15, 0.2) is 28.9 Å². The van der Waals surface area contributed by atoms with Crippen molar-refractivity contribution < 1.29 is 18.3 Å². The van der Waals surface area contributed by atoms with Crippen LogP contribution in [-0.4, -0.2) is 37.2 Å². The lowest BCUT2D eigenvalue weighted by Crippen LogP contribution is -2.19. The van der Waals surface area contributed by atoms with Crippen LogP contribution in [0, 0.1) is 13.8 Å². The number of phenols is 1. The Morgan fingerprint density at radius 2 is 1.92 bits per heavy atom.